The van der Waals surface area contributed by atoms with E-state index in [4.69, 9.17) is 15.4 Å². The highest BCUT2D eigenvalue weighted by molar-refractivity contribution is 5.82. The van der Waals surface area contributed by atoms with Crippen LogP contribution in [0.5, 0.6) is 0 Å². The third kappa shape index (κ3) is 4.36. The molecule has 1 saturated heterocycles. The predicted octanol–water partition coefficient (Wildman–Crippen LogP) is 0.675. The van der Waals surface area contributed by atoms with E-state index in [1.54, 1.807) is 27.9 Å². The zero-order valence-corrected chi connectivity index (χ0v) is 11.8. The lowest BCUT2D eigenvalue weighted by molar-refractivity contribution is -0.149. The minimum Gasteiger partial charge on any atom is -0.444 e. The van der Waals surface area contributed by atoms with Crippen LogP contribution in [0.3, 0.4) is 0 Å². The minimum atomic E-state index is -0.708. The van der Waals surface area contributed by atoms with Crippen molar-refractivity contribution < 1.29 is 23.9 Å². The van der Waals surface area contributed by atoms with Crippen LogP contribution in [0.4, 0.5) is 4.79 Å². The molecular weight excluding hydrogens is 252 g/mol. The molecule has 0 aromatic rings. The molecule has 1 rings (SSSR count). The molecule has 1 heterocycles. The van der Waals surface area contributed by atoms with Crippen molar-refractivity contribution in [1.82, 2.24) is 4.90 Å². The average Bonchev–Trinajstić information content (AvgIpc) is 2.70. The van der Waals surface area contributed by atoms with Crippen molar-refractivity contribution in [3.63, 3.8) is 0 Å². The van der Waals surface area contributed by atoms with Crippen molar-refractivity contribution in [1.29, 1.82) is 0 Å². The second kappa shape index (κ2) is 6.21. The maximum atomic E-state index is 12.1. The molecule has 1 aliphatic rings. The molecule has 0 saturated carbocycles. The fourth-order valence-electron chi connectivity index (χ4n) is 2.10. The third-order valence-corrected chi connectivity index (χ3v) is 2.81. The molecule has 0 aromatic heterocycles. The quantitative estimate of drug-likeness (QED) is 0.761. The summed E-state index contributed by atoms with van der Waals surface area (Å²) < 4.78 is 10.3. The first-order valence-electron chi connectivity index (χ1n) is 6.17. The molecule has 1 amide bonds. The zero-order valence-electron chi connectivity index (χ0n) is 11.8. The topological polar surface area (TPSA) is 91.1 Å². The van der Waals surface area contributed by atoms with E-state index in [1.807, 2.05) is 0 Å². The predicted molar refractivity (Wildman–Crippen MR) is 67.0 cm³/mol. The Morgan fingerprint density at radius 3 is 2.47 bits per heavy atom. The number of hydrogen-bond acceptors (Lipinski definition) is 6. The van der Waals surface area contributed by atoms with Crippen molar-refractivity contribution in [2.24, 2.45) is 11.8 Å². The van der Waals surface area contributed by atoms with E-state index < -0.39 is 23.7 Å². The molecule has 1 fully saturated rings. The number of nitrogens with two attached hydrogens (primary N) is 1. The first-order chi connectivity index (χ1) is 8.78. The van der Waals surface area contributed by atoms with Gasteiger partial charge in [-0.1, -0.05) is 0 Å². The van der Waals surface area contributed by atoms with Crippen LogP contribution in [0.2, 0.25) is 0 Å². The number of methoxy groups -OCH3 is 1. The summed E-state index contributed by atoms with van der Waals surface area (Å²) >= 11 is 0. The van der Waals surface area contributed by atoms with E-state index in [0.717, 1.165) is 0 Å². The molecule has 0 spiro atoms. The Morgan fingerprint density at radius 2 is 2.00 bits per heavy atom. The monoisotopic (exact) mass is 274 g/mol. The maximum absolute atomic E-state index is 12.1. The number of rotatable bonds is 3. The van der Waals surface area contributed by atoms with Gasteiger partial charge in [-0.3, -0.25) is 4.90 Å². The summed E-state index contributed by atoms with van der Waals surface area (Å²) in [7, 11) is 1.58. The number of hydrogen-bond donors (Lipinski definition) is 1. The van der Waals surface area contributed by atoms with Crippen LogP contribution in [-0.4, -0.2) is 48.9 Å². The summed E-state index contributed by atoms with van der Waals surface area (Å²) in [6.45, 7) is 6.16. The van der Waals surface area contributed by atoms with E-state index in [1.165, 1.54) is 4.90 Å². The Morgan fingerprint density at radius 1 is 1.37 bits per heavy atom. The van der Waals surface area contributed by atoms with Gasteiger partial charge in [-0.2, -0.15) is 5.90 Å². The van der Waals surface area contributed by atoms with Gasteiger partial charge in [0.15, 0.2) is 0 Å². The number of carbonyl (C=O) groups is 2. The third-order valence-electron chi connectivity index (χ3n) is 2.81. The van der Waals surface area contributed by atoms with Gasteiger partial charge in [0.2, 0.25) is 0 Å². The van der Waals surface area contributed by atoms with Gasteiger partial charge in [0.05, 0.1) is 6.61 Å². The van der Waals surface area contributed by atoms with Gasteiger partial charge in [-0.15, -0.1) is 0 Å². The normalized spacial score (nSPS) is 23.3. The molecule has 110 valence electrons. The fraction of sp³-hybridized carbons (Fsp3) is 0.833. The lowest BCUT2D eigenvalue weighted by atomic mass is 10.1. The Balaban J connectivity index is 2.76. The lowest BCUT2D eigenvalue weighted by Crippen LogP contribution is -2.44. The van der Waals surface area contributed by atoms with E-state index in [9.17, 15) is 9.59 Å². The fourth-order valence-corrected chi connectivity index (χ4v) is 2.10. The summed E-state index contributed by atoms with van der Waals surface area (Å²) in [5.74, 6) is 4.34. The van der Waals surface area contributed by atoms with Gasteiger partial charge in [-0.25, -0.2) is 9.59 Å². The summed E-state index contributed by atoms with van der Waals surface area (Å²) in [6.07, 6.45) is -0.0789. The second-order valence-electron chi connectivity index (χ2n) is 5.64. The number of likely N-dealkylation sites (tertiary alicyclic amines) is 1. The van der Waals surface area contributed by atoms with E-state index in [-0.39, 0.29) is 5.92 Å². The van der Waals surface area contributed by atoms with Crippen molar-refractivity contribution in [2.75, 3.05) is 20.3 Å². The first kappa shape index (κ1) is 15.7. The SMILES string of the molecule is COC[C@H]1C[C@@H](C(=O)ON)N(C(=O)OC(C)(C)C)C1. The van der Waals surface area contributed by atoms with Gasteiger partial charge >= 0.3 is 12.1 Å². The molecule has 7 heteroatoms. The molecule has 0 aliphatic carbocycles. The molecule has 0 unspecified atom stereocenters. The van der Waals surface area contributed by atoms with Gasteiger partial charge < -0.3 is 14.3 Å². The summed E-state index contributed by atoms with van der Waals surface area (Å²) in [4.78, 5) is 29.3. The van der Waals surface area contributed by atoms with E-state index in [2.05, 4.69) is 4.84 Å². The van der Waals surface area contributed by atoms with Crippen molar-refractivity contribution in [3.8, 4) is 0 Å². The van der Waals surface area contributed by atoms with Gasteiger partial charge in [-0.05, 0) is 27.2 Å². The molecule has 2 N–H and O–H groups in total. The number of nitrogens with zero attached hydrogens (tertiary/aromatic N) is 1. The van der Waals surface area contributed by atoms with Gasteiger partial charge in [0, 0.05) is 19.6 Å². The standard InChI is InChI=1S/C12H22N2O5/c1-12(2,3)18-11(16)14-6-8(7-17-4)5-9(14)10(15)19-13/h8-9H,5-7,13H2,1-4H3/t8-,9-/m0/s1. The highest BCUT2D eigenvalue weighted by Gasteiger charge is 2.42. The van der Waals surface area contributed by atoms with E-state index in [0.29, 0.717) is 19.6 Å². The van der Waals surface area contributed by atoms with E-state index >= 15 is 0 Å². The summed E-state index contributed by atoms with van der Waals surface area (Å²) in [5.41, 5.74) is -0.617. The Hall–Kier alpha value is -1.34. The average molecular weight is 274 g/mol. The molecule has 0 radical (unpaired) electrons. The summed E-state index contributed by atoms with van der Waals surface area (Å²) in [6, 6.07) is -0.708. The second-order valence-corrected chi connectivity index (χ2v) is 5.64. The molecular formula is C12H22N2O5. The minimum absolute atomic E-state index is 0.0709. The van der Waals surface area contributed by atoms with Crippen LogP contribution in [0.1, 0.15) is 27.2 Å². The summed E-state index contributed by atoms with van der Waals surface area (Å²) in [5, 5.41) is 0. The molecule has 7 nitrogen and oxygen atoms in total. The van der Waals surface area contributed by atoms with Gasteiger partial charge in [0.25, 0.3) is 0 Å². The smallest absolute Gasteiger partial charge is 0.411 e. The zero-order chi connectivity index (χ0) is 14.6. The number of ether oxygens (including phenoxy) is 2. The molecule has 0 bridgehead atoms. The maximum Gasteiger partial charge on any atom is 0.411 e. The Labute approximate surface area is 112 Å². The van der Waals surface area contributed by atoms with Crippen molar-refractivity contribution >= 4 is 12.1 Å². The Bertz CT molecular complexity index is 340. The number of amides is 1. The Kier molecular flexibility index (Phi) is 5.13. The largest absolute Gasteiger partial charge is 0.444 e. The van der Waals surface area contributed by atoms with Crippen LogP contribution < -0.4 is 5.90 Å². The molecule has 2 atom stereocenters. The van der Waals surface area contributed by atoms with Crippen LogP contribution in [0, 0.1) is 5.92 Å². The lowest BCUT2D eigenvalue weighted by Gasteiger charge is -2.27. The molecule has 1 aliphatic heterocycles. The van der Waals surface area contributed by atoms with Crippen LogP contribution in [0.25, 0.3) is 0 Å². The number of carbonyl (C=O) groups excluding carboxylic acids is 2. The highest BCUT2D eigenvalue weighted by atomic mass is 16.7. The first-order valence-corrected chi connectivity index (χ1v) is 6.17. The van der Waals surface area contributed by atoms with Crippen LogP contribution in [-0.2, 0) is 19.1 Å². The van der Waals surface area contributed by atoms with Gasteiger partial charge in [0.1, 0.15) is 11.6 Å². The molecule has 19 heavy (non-hydrogen) atoms. The van der Waals surface area contributed by atoms with Crippen molar-refractivity contribution in [3.05, 3.63) is 0 Å². The van der Waals surface area contributed by atoms with Crippen molar-refractivity contribution in [2.45, 2.75) is 38.8 Å². The van der Waals surface area contributed by atoms with Crippen LogP contribution >= 0.6 is 0 Å². The van der Waals surface area contributed by atoms with Crippen LogP contribution in [0.15, 0.2) is 0 Å². The molecule has 0 aromatic carbocycles. The highest BCUT2D eigenvalue weighted by Crippen LogP contribution is 2.26.